The Morgan fingerprint density at radius 3 is 2.05 bits per heavy atom. The Hall–Kier alpha value is -6.15. The van der Waals surface area contributed by atoms with E-state index in [0.29, 0.717) is 25.0 Å². The van der Waals surface area contributed by atoms with Crippen molar-refractivity contribution < 1.29 is 57.5 Å². The second-order valence-electron chi connectivity index (χ2n) is 19.9. The lowest BCUT2D eigenvalue weighted by atomic mass is 9.85. The van der Waals surface area contributed by atoms with Crippen LogP contribution in [-0.2, 0) is 52.7 Å². The van der Waals surface area contributed by atoms with Crippen LogP contribution in [0.2, 0.25) is 0 Å². The van der Waals surface area contributed by atoms with Crippen LogP contribution in [0.25, 0.3) is 0 Å². The van der Waals surface area contributed by atoms with Crippen molar-refractivity contribution in [3.63, 3.8) is 0 Å². The molecule has 416 valence electrons. The lowest BCUT2D eigenvalue weighted by Gasteiger charge is -2.35. The van der Waals surface area contributed by atoms with Crippen molar-refractivity contribution in [2.45, 2.75) is 165 Å². The van der Waals surface area contributed by atoms with Gasteiger partial charge < -0.3 is 69.4 Å². The van der Waals surface area contributed by atoms with Crippen molar-refractivity contribution in [1.82, 2.24) is 47.4 Å². The Bertz CT molecular complexity index is 2300. The SMILES string of the molecule is CC[C@H](C)[C@@H]1NC(=O)[C@H]([C@H](C)c2c(C)cc(OC)cc2C)NC(=O)[C@H](N)C(C)(C)SSC[C@@H]2NC(=O)[C@@H](CC(N)=O)NC(=O)[C@@H](CCC(=O)NCCCC[C@H](C(=O)NCC(N)=O)NC(=O)[C@H]3CCCN3C2=O)NC1=O. The summed E-state index contributed by atoms with van der Waals surface area (Å²) in [6, 6.07) is -7.49. The first-order valence-corrected chi connectivity index (χ1v) is 27.6. The van der Waals surface area contributed by atoms with Crippen molar-refractivity contribution in [1.29, 1.82) is 0 Å². The summed E-state index contributed by atoms with van der Waals surface area (Å²) < 4.78 is 4.33. The van der Waals surface area contributed by atoms with Crippen LogP contribution in [0.4, 0.5) is 0 Å². The number of primary amides is 2. The van der Waals surface area contributed by atoms with E-state index in [4.69, 9.17) is 21.9 Å². The van der Waals surface area contributed by atoms with Gasteiger partial charge in [0.25, 0.3) is 0 Å². The van der Waals surface area contributed by atoms with Gasteiger partial charge in [-0.2, -0.15) is 0 Å². The number of benzene rings is 1. The molecule has 10 atom stereocenters. The van der Waals surface area contributed by atoms with Crippen molar-refractivity contribution >= 4 is 86.6 Å². The van der Waals surface area contributed by atoms with Gasteiger partial charge in [0.05, 0.1) is 26.1 Å². The predicted octanol–water partition coefficient (Wildman–Crippen LogP) is -1.58. The number of rotatable bonds is 10. The van der Waals surface area contributed by atoms with Crippen LogP contribution in [0, 0.1) is 19.8 Å². The van der Waals surface area contributed by atoms with Gasteiger partial charge in [0, 0.05) is 35.9 Å². The molecule has 0 spiro atoms. The minimum atomic E-state index is -1.74. The molecule has 3 fully saturated rings. The van der Waals surface area contributed by atoms with Gasteiger partial charge >= 0.3 is 0 Å². The van der Waals surface area contributed by atoms with Crippen molar-refractivity contribution in [3.8, 4) is 5.75 Å². The van der Waals surface area contributed by atoms with E-state index in [1.807, 2.05) is 13.8 Å². The number of aryl methyl sites for hydroxylation is 2. The largest absolute Gasteiger partial charge is 0.497 e. The lowest BCUT2D eigenvalue weighted by Crippen LogP contribution is -2.62. The number of carbonyl (C=O) groups is 11. The average Bonchev–Trinajstić information content (AvgIpc) is 3.85. The maximum absolute atomic E-state index is 14.8. The molecule has 1 aromatic carbocycles. The molecule has 0 aliphatic carbocycles. The Morgan fingerprint density at radius 2 is 1.43 bits per heavy atom. The number of hydrogen-bond acceptors (Lipinski definition) is 15. The van der Waals surface area contributed by atoms with Crippen LogP contribution < -0.4 is 64.5 Å². The van der Waals surface area contributed by atoms with Crippen LogP contribution in [0.1, 0.15) is 115 Å². The van der Waals surface area contributed by atoms with E-state index in [1.165, 1.54) is 12.0 Å². The van der Waals surface area contributed by atoms with Gasteiger partial charge in [0.1, 0.15) is 48.0 Å². The Balaban J connectivity index is 1.89. The third-order valence-electron chi connectivity index (χ3n) is 13.8. The number of ether oxygens (including phenoxy) is 1. The molecule has 3 heterocycles. The van der Waals surface area contributed by atoms with E-state index in [-0.39, 0.29) is 50.9 Å². The number of nitrogens with zero attached hydrogens (tertiary/aromatic N) is 1. The van der Waals surface area contributed by atoms with Crippen LogP contribution in [-0.4, -0.2) is 155 Å². The van der Waals surface area contributed by atoms with Gasteiger partial charge in [-0.05, 0) is 101 Å². The van der Waals surface area contributed by atoms with Gasteiger partial charge in [-0.25, -0.2) is 0 Å². The zero-order valence-corrected chi connectivity index (χ0v) is 45.6. The fourth-order valence-electron chi connectivity index (χ4n) is 9.23. The van der Waals surface area contributed by atoms with Crippen molar-refractivity contribution in [2.75, 3.05) is 32.5 Å². The third-order valence-corrected chi connectivity index (χ3v) is 17.1. The normalized spacial score (nSPS) is 27.2. The Labute approximate surface area is 445 Å². The van der Waals surface area contributed by atoms with Gasteiger partial charge in [-0.3, -0.25) is 52.7 Å². The van der Waals surface area contributed by atoms with E-state index in [1.54, 1.807) is 46.8 Å². The summed E-state index contributed by atoms with van der Waals surface area (Å²) in [7, 11) is 3.67. The van der Waals surface area contributed by atoms with Crippen LogP contribution >= 0.6 is 21.6 Å². The molecule has 3 aliphatic heterocycles. The van der Waals surface area contributed by atoms with E-state index < -0.39 is 143 Å². The maximum atomic E-state index is 14.8. The highest BCUT2D eigenvalue weighted by Crippen LogP contribution is 2.39. The molecule has 11 amide bonds. The van der Waals surface area contributed by atoms with Crippen LogP contribution in [0.15, 0.2) is 12.1 Å². The number of amides is 11. The van der Waals surface area contributed by atoms with E-state index in [0.717, 1.165) is 38.3 Å². The first-order chi connectivity index (χ1) is 35.3. The molecule has 26 heteroatoms. The van der Waals surface area contributed by atoms with Gasteiger partial charge in [-0.1, -0.05) is 48.8 Å². The van der Waals surface area contributed by atoms with E-state index >= 15 is 0 Å². The summed E-state index contributed by atoms with van der Waals surface area (Å²) >= 11 is 0. The second kappa shape index (κ2) is 28.1. The number of nitrogens with one attached hydrogen (secondary N) is 8. The second-order valence-corrected chi connectivity index (χ2v) is 22.9. The smallest absolute Gasteiger partial charge is 0.246 e. The van der Waals surface area contributed by atoms with Crippen molar-refractivity contribution in [2.24, 2.45) is 23.1 Å². The molecular weight excluding hydrogens is 1010 g/mol. The minimum Gasteiger partial charge on any atom is -0.497 e. The zero-order valence-electron chi connectivity index (χ0n) is 44.0. The summed E-state index contributed by atoms with van der Waals surface area (Å²) in [5, 5.41) is 21.3. The molecule has 75 heavy (non-hydrogen) atoms. The molecular formula is C49H76N12O12S2. The zero-order chi connectivity index (χ0) is 55.9. The number of carbonyl (C=O) groups excluding carboxylic acids is 11. The quantitative estimate of drug-likeness (QED) is 0.118. The van der Waals surface area contributed by atoms with E-state index in [9.17, 15) is 52.7 Å². The molecule has 1 aromatic rings. The van der Waals surface area contributed by atoms with Gasteiger partial charge in [0.15, 0.2) is 0 Å². The highest BCUT2D eigenvalue weighted by atomic mass is 33.1. The first-order valence-electron chi connectivity index (χ1n) is 25.2. The van der Waals surface area contributed by atoms with Crippen LogP contribution in [0.3, 0.4) is 0 Å². The molecule has 0 unspecified atom stereocenters. The maximum Gasteiger partial charge on any atom is 0.246 e. The topological polar surface area (TPSA) is 375 Å². The lowest BCUT2D eigenvalue weighted by molar-refractivity contribution is -0.142. The summed E-state index contributed by atoms with van der Waals surface area (Å²) in [6.45, 7) is 11.9. The molecule has 3 saturated heterocycles. The third kappa shape index (κ3) is 17.2. The summed E-state index contributed by atoms with van der Waals surface area (Å²) in [5.41, 5.74) is 19.8. The minimum absolute atomic E-state index is 0.0547. The predicted molar refractivity (Wildman–Crippen MR) is 281 cm³/mol. The Kier molecular flexibility index (Phi) is 23.0. The fraction of sp³-hybridized carbons (Fsp3) is 0.653. The molecule has 2 bridgehead atoms. The average molecular weight is 1090 g/mol. The molecule has 0 aromatic heterocycles. The van der Waals surface area contributed by atoms with Gasteiger partial charge in [-0.15, -0.1) is 0 Å². The highest BCUT2D eigenvalue weighted by Gasteiger charge is 2.43. The molecule has 3 aliphatic rings. The summed E-state index contributed by atoms with van der Waals surface area (Å²) in [4.78, 5) is 154. The standard InChI is InChI=1S/C49H76N12O12S2/c1-9-24(2)38-45(69)56-30-15-16-36(64)53-17-11-10-13-29(41(65)54-22-35(51)63)55-44(68)33-14-12-18-61(33)48(72)32(58-43(67)31(21-34(50)62)57-42(30)66)23-74-75-49(6,7)40(52)47(71)60-39(46(70)59-38)27(5)37-25(3)19-28(73-8)20-26(37)4/h19-20,24,27,29-33,38-40H,9-18,21-23,52H2,1-8H3,(H2,50,62)(H2,51,63)(H,53,64)(H,54,65)(H,55,68)(H,56,69)(H,57,66)(H,58,67)(H,59,70)(H,60,71)/t24-,27+,29+,30+,31+,32-,33+,38-,39-,40-/m0/s1. The molecule has 0 radical (unpaired) electrons. The van der Waals surface area contributed by atoms with E-state index in [2.05, 4.69) is 42.5 Å². The molecule has 24 nitrogen and oxygen atoms in total. The monoisotopic (exact) mass is 1090 g/mol. The Morgan fingerprint density at radius 1 is 0.787 bits per heavy atom. The number of fused-ring (bicyclic) bond motifs is 7. The fourth-order valence-corrected chi connectivity index (χ4v) is 12.0. The molecule has 14 N–H and O–H groups in total. The van der Waals surface area contributed by atoms with Gasteiger partial charge in [0.2, 0.25) is 65.0 Å². The highest BCUT2D eigenvalue weighted by molar-refractivity contribution is 8.77. The molecule has 0 saturated carbocycles. The van der Waals surface area contributed by atoms with Crippen molar-refractivity contribution in [3.05, 3.63) is 28.8 Å². The molecule has 4 rings (SSSR count). The first kappa shape index (κ1) is 61.4. The van der Waals surface area contributed by atoms with Crippen LogP contribution in [0.5, 0.6) is 5.75 Å². The number of hydrogen-bond donors (Lipinski definition) is 11. The number of methoxy groups -OCH3 is 1. The summed E-state index contributed by atoms with van der Waals surface area (Å²) in [6.07, 6.45) is 0.0317. The summed E-state index contributed by atoms with van der Waals surface area (Å²) in [5.74, 6) is -9.87. The number of nitrogens with two attached hydrogens (primary N) is 3.